The molecule has 6 nitrogen and oxygen atoms in total. The van der Waals surface area contributed by atoms with Crippen LogP contribution < -0.4 is 10.6 Å². The first-order valence-corrected chi connectivity index (χ1v) is 6.25. The topological polar surface area (TPSA) is 87.6 Å². The van der Waals surface area contributed by atoms with Crippen LogP contribution in [-0.2, 0) is 16.0 Å². The standard InChI is InChI=1S/C11H11N3O3S/c15-9(6-8-10(16)14-11(17)13-8)12-4-3-7-2-1-5-18-7/h1-2,5H,3-4,6H2,(H,12,15)(H,14,16,17). The lowest BCUT2D eigenvalue weighted by molar-refractivity contribution is -0.121. The number of nitrogens with zero attached hydrogens (tertiary/aromatic N) is 1. The second kappa shape index (κ2) is 5.54. The summed E-state index contributed by atoms with van der Waals surface area (Å²) in [6, 6.07) is 3.23. The number of urea groups is 1. The molecule has 0 spiro atoms. The number of nitrogens with one attached hydrogen (secondary N) is 2. The van der Waals surface area contributed by atoms with Gasteiger partial charge in [-0.1, -0.05) is 6.07 Å². The predicted molar refractivity (Wildman–Crippen MR) is 66.6 cm³/mol. The molecule has 2 N–H and O–H groups in total. The molecule has 0 radical (unpaired) electrons. The van der Waals surface area contributed by atoms with Gasteiger partial charge in [0.2, 0.25) is 5.91 Å². The van der Waals surface area contributed by atoms with Gasteiger partial charge < -0.3 is 5.32 Å². The molecule has 0 aromatic carbocycles. The zero-order chi connectivity index (χ0) is 13.0. The largest absolute Gasteiger partial charge is 0.355 e. The van der Waals surface area contributed by atoms with Crippen molar-refractivity contribution < 1.29 is 14.4 Å². The lowest BCUT2D eigenvalue weighted by Gasteiger charge is -2.02. The minimum absolute atomic E-state index is 0.0337. The van der Waals surface area contributed by atoms with Crippen molar-refractivity contribution in [2.75, 3.05) is 6.54 Å². The van der Waals surface area contributed by atoms with Crippen molar-refractivity contribution in [1.82, 2.24) is 10.6 Å². The number of carbonyl (C=O) groups excluding carboxylic acids is 3. The van der Waals surface area contributed by atoms with E-state index in [1.807, 2.05) is 22.8 Å². The zero-order valence-electron chi connectivity index (χ0n) is 9.43. The van der Waals surface area contributed by atoms with Crippen molar-refractivity contribution in [2.45, 2.75) is 12.8 Å². The number of carbonyl (C=O) groups is 3. The first kappa shape index (κ1) is 12.4. The third kappa shape index (κ3) is 3.24. The molecule has 2 rings (SSSR count). The van der Waals surface area contributed by atoms with Crippen LogP contribution in [0.1, 0.15) is 11.3 Å². The van der Waals surface area contributed by atoms with Crippen LogP contribution >= 0.6 is 11.3 Å². The van der Waals surface area contributed by atoms with Crippen LogP contribution in [0.15, 0.2) is 22.5 Å². The Balaban J connectivity index is 1.74. The van der Waals surface area contributed by atoms with E-state index in [0.29, 0.717) is 6.54 Å². The Kier molecular flexibility index (Phi) is 3.83. The quantitative estimate of drug-likeness (QED) is 0.812. The second-order valence-electron chi connectivity index (χ2n) is 3.67. The monoisotopic (exact) mass is 265 g/mol. The summed E-state index contributed by atoms with van der Waals surface area (Å²) in [6.07, 6.45) is 0.586. The van der Waals surface area contributed by atoms with Crippen molar-refractivity contribution in [1.29, 1.82) is 0 Å². The fraction of sp³-hybridized carbons (Fsp3) is 0.273. The predicted octanol–water partition coefficient (Wildman–Crippen LogP) is 0.488. The van der Waals surface area contributed by atoms with Gasteiger partial charge in [-0.2, -0.15) is 4.99 Å². The number of hydrogen-bond acceptors (Lipinski definition) is 4. The van der Waals surface area contributed by atoms with Crippen molar-refractivity contribution in [2.24, 2.45) is 4.99 Å². The van der Waals surface area contributed by atoms with E-state index in [4.69, 9.17) is 0 Å². The Morgan fingerprint density at radius 2 is 2.28 bits per heavy atom. The van der Waals surface area contributed by atoms with Gasteiger partial charge in [0.1, 0.15) is 5.71 Å². The third-order valence-electron chi connectivity index (χ3n) is 2.32. The second-order valence-corrected chi connectivity index (χ2v) is 4.71. The van der Waals surface area contributed by atoms with E-state index >= 15 is 0 Å². The maximum Gasteiger partial charge on any atom is 0.348 e. The third-order valence-corrected chi connectivity index (χ3v) is 3.26. The number of amides is 4. The van der Waals surface area contributed by atoms with E-state index in [9.17, 15) is 14.4 Å². The van der Waals surface area contributed by atoms with E-state index in [2.05, 4.69) is 10.3 Å². The van der Waals surface area contributed by atoms with Crippen LogP contribution in [0, 0.1) is 0 Å². The molecule has 0 saturated heterocycles. The molecular formula is C11H11N3O3S. The van der Waals surface area contributed by atoms with E-state index in [1.165, 1.54) is 4.88 Å². The summed E-state index contributed by atoms with van der Waals surface area (Å²) in [5.41, 5.74) is -0.0337. The Hall–Kier alpha value is -2.02. The first-order valence-electron chi connectivity index (χ1n) is 5.37. The van der Waals surface area contributed by atoms with Gasteiger partial charge in [0.15, 0.2) is 0 Å². The fourth-order valence-corrected chi connectivity index (χ4v) is 2.19. The average molecular weight is 265 g/mol. The Morgan fingerprint density at radius 1 is 1.44 bits per heavy atom. The molecule has 18 heavy (non-hydrogen) atoms. The smallest absolute Gasteiger partial charge is 0.348 e. The van der Waals surface area contributed by atoms with Crippen LogP contribution in [0.5, 0.6) is 0 Å². The van der Waals surface area contributed by atoms with Crippen LogP contribution in [0.25, 0.3) is 0 Å². The fourth-order valence-electron chi connectivity index (χ4n) is 1.48. The maximum atomic E-state index is 11.5. The van der Waals surface area contributed by atoms with E-state index in [-0.39, 0.29) is 18.0 Å². The lowest BCUT2D eigenvalue weighted by Crippen LogP contribution is -2.31. The van der Waals surface area contributed by atoms with Crippen molar-refractivity contribution >= 4 is 34.9 Å². The Labute approximate surface area is 107 Å². The molecule has 1 aliphatic heterocycles. The molecule has 2 heterocycles. The number of thiophene rings is 1. The molecule has 1 aromatic heterocycles. The van der Waals surface area contributed by atoms with Gasteiger partial charge in [-0.15, -0.1) is 11.3 Å². The molecule has 1 aliphatic rings. The molecule has 0 aliphatic carbocycles. The minimum Gasteiger partial charge on any atom is -0.355 e. The van der Waals surface area contributed by atoms with Gasteiger partial charge in [-0.3, -0.25) is 14.9 Å². The summed E-state index contributed by atoms with van der Waals surface area (Å²) < 4.78 is 0. The summed E-state index contributed by atoms with van der Waals surface area (Å²) in [7, 11) is 0. The maximum absolute atomic E-state index is 11.5. The highest BCUT2D eigenvalue weighted by atomic mass is 32.1. The van der Waals surface area contributed by atoms with Gasteiger partial charge in [0.25, 0.3) is 5.91 Å². The summed E-state index contributed by atoms with van der Waals surface area (Å²) in [6.45, 7) is 0.502. The SMILES string of the molecule is O=C(CC1=NC(=O)NC1=O)NCCc1cccs1. The van der Waals surface area contributed by atoms with Gasteiger partial charge in [0.05, 0.1) is 6.42 Å². The lowest BCUT2D eigenvalue weighted by atomic mass is 10.2. The molecule has 0 atom stereocenters. The molecule has 94 valence electrons. The van der Waals surface area contributed by atoms with Crippen LogP contribution in [0.2, 0.25) is 0 Å². The Morgan fingerprint density at radius 3 is 2.89 bits per heavy atom. The Bertz CT molecular complexity index is 508. The molecule has 0 bridgehead atoms. The number of hydrogen-bond donors (Lipinski definition) is 2. The van der Waals surface area contributed by atoms with Gasteiger partial charge in [0, 0.05) is 11.4 Å². The average Bonchev–Trinajstić information content (AvgIpc) is 2.90. The zero-order valence-corrected chi connectivity index (χ0v) is 10.3. The van der Waals surface area contributed by atoms with Crippen LogP contribution in [-0.4, -0.2) is 30.1 Å². The molecular weight excluding hydrogens is 254 g/mol. The van der Waals surface area contributed by atoms with Crippen LogP contribution in [0.4, 0.5) is 4.79 Å². The van der Waals surface area contributed by atoms with Crippen LogP contribution in [0.3, 0.4) is 0 Å². The van der Waals surface area contributed by atoms with Gasteiger partial charge in [-0.25, -0.2) is 4.79 Å². The summed E-state index contributed by atoms with van der Waals surface area (Å²) in [5.74, 6) is -0.899. The molecule has 0 unspecified atom stereocenters. The highest BCUT2D eigenvalue weighted by molar-refractivity contribution is 7.09. The molecule has 7 heteroatoms. The minimum atomic E-state index is -0.707. The molecule has 1 aromatic rings. The summed E-state index contributed by atoms with van der Waals surface area (Å²) >= 11 is 1.62. The normalized spacial score (nSPS) is 14.3. The highest BCUT2D eigenvalue weighted by Gasteiger charge is 2.24. The van der Waals surface area contributed by atoms with Crippen molar-refractivity contribution in [3.8, 4) is 0 Å². The summed E-state index contributed by atoms with van der Waals surface area (Å²) in [4.78, 5) is 38.0. The molecule has 0 saturated carbocycles. The van der Waals surface area contributed by atoms with Crippen molar-refractivity contribution in [3.63, 3.8) is 0 Å². The molecule has 0 fully saturated rings. The van der Waals surface area contributed by atoms with E-state index in [1.54, 1.807) is 11.3 Å². The van der Waals surface area contributed by atoms with Gasteiger partial charge >= 0.3 is 6.03 Å². The summed E-state index contributed by atoms with van der Waals surface area (Å²) in [5, 5.41) is 6.64. The first-order chi connectivity index (χ1) is 8.65. The number of aliphatic imine (C=N–C) groups is 1. The number of imide groups is 1. The van der Waals surface area contributed by atoms with Crippen molar-refractivity contribution in [3.05, 3.63) is 22.4 Å². The van der Waals surface area contributed by atoms with E-state index < -0.39 is 11.9 Å². The van der Waals surface area contributed by atoms with E-state index in [0.717, 1.165) is 6.42 Å². The number of rotatable bonds is 5. The highest BCUT2D eigenvalue weighted by Crippen LogP contribution is 2.08. The van der Waals surface area contributed by atoms with Gasteiger partial charge in [-0.05, 0) is 17.9 Å². The molecule has 4 amide bonds.